The normalized spacial score (nSPS) is 17.4. The fraction of sp³-hybridized carbons (Fsp3) is 1.00. The molecule has 1 N–H and O–H groups in total. The molecule has 0 saturated heterocycles. The van der Waals surface area contributed by atoms with Gasteiger partial charge in [-0.05, 0) is 0 Å². The fourth-order valence-corrected chi connectivity index (χ4v) is 45.7. The van der Waals surface area contributed by atoms with E-state index < -0.39 is 73.9 Å². The summed E-state index contributed by atoms with van der Waals surface area (Å²) in [7, 11) is 0. The second-order valence-electron chi connectivity index (χ2n) is 11.6. The average molecular weight is 3680 g/mol. The quantitative estimate of drug-likeness (QED) is 0.117. The second-order valence-corrected chi connectivity index (χ2v) is 87.5. The van der Waals surface area contributed by atoms with Gasteiger partial charge in [0.15, 0.2) is 4.29 Å². The zero-order valence-electron chi connectivity index (χ0n) is 27.5. The van der Waals surface area contributed by atoms with E-state index in [1.54, 1.807) is 0 Å². The van der Waals surface area contributed by atoms with Gasteiger partial charge in [-0.1, -0.05) is 669 Å². The third kappa shape index (κ3) is 16.0. The molecule has 0 aromatic rings. The minimum atomic E-state index is -2.86. The molecule has 1 atom stereocenters. The van der Waals surface area contributed by atoms with Crippen molar-refractivity contribution in [2.75, 3.05) is 0 Å². The molecule has 0 saturated carbocycles. The first-order chi connectivity index (χ1) is 27.5. The molecular weight excluding hydrogens is 3680 g/mol. The largest absolute Gasteiger partial charge is 0.750 e. The van der Waals surface area contributed by atoms with Gasteiger partial charge in [-0.2, -0.15) is 0 Å². The van der Waals surface area contributed by atoms with E-state index in [0.29, 0.717) is 0 Å². The van der Waals surface area contributed by atoms with E-state index in [-0.39, 0.29) is 0 Å². The minimum Gasteiger partial charge on any atom is -0.750 e. The van der Waals surface area contributed by atoms with Crippen LogP contribution in [0.25, 0.3) is 0 Å². The van der Waals surface area contributed by atoms with Crippen molar-refractivity contribution in [2.24, 2.45) is 0 Å². The highest BCUT2D eigenvalue weighted by molar-refractivity contribution is 9.44. The van der Waals surface area contributed by atoms with Crippen LogP contribution in [-0.2, 0) is 11.4 Å². The van der Waals surface area contributed by atoms with Crippen molar-refractivity contribution < 1.29 is 13.3 Å². The van der Waals surface area contributed by atoms with E-state index in [4.69, 9.17) is 13.3 Å². The van der Waals surface area contributed by atoms with E-state index in [1.807, 2.05) is 0 Å². The summed E-state index contributed by atoms with van der Waals surface area (Å²) >= 11 is 163. The highest BCUT2D eigenvalue weighted by atomic mass is 80.0. The molecule has 46 heteroatoms. The lowest BCUT2D eigenvalue weighted by molar-refractivity contribution is 0.436. The van der Waals surface area contributed by atoms with Crippen LogP contribution in [0.3, 0.4) is 0 Å². The van der Waals surface area contributed by atoms with E-state index in [9.17, 15) is 0 Å². The molecule has 0 bridgehead atoms. The average Bonchev–Trinajstić information content (AvgIpc) is 3.05. The van der Waals surface area contributed by atoms with Crippen molar-refractivity contribution in [1.82, 2.24) is 0 Å². The third-order valence-electron chi connectivity index (χ3n) is 7.42. The maximum absolute atomic E-state index is 8.56. The second kappa shape index (κ2) is 29.5. The minimum absolute atomic E-state index is 0.924. The first-order valence-corrected chi connectivity index (χ1v) is 47.5. The molecule has 400 valence electrons. The highest BCUT2D eigenvalue weighted by Crippen LogP contribution is 2.85. The maximum atomic E-state index is 8.56. The Morgan fingerprint density at radius 1 is 0.197 bits per heavy atom. The Kier molecular flexibility index (Phi) is 39.4. The standard InChI is InChI=1S/C20Br42.H2O3S/c21-1(22,3(25,26)5(29,30)7(33,34)9(37,38)11(41,42)13(45,46)15(49,50)17(53,54)19(57,58)59)2(23,24)4(27,28)6(31,32)8(35,36)10(39,40)12(43,44)14(47,48)16(51,52)18(55,56)20(60,61)62;1-4(2)3/h;(H2,1,2,3)/p-1. The molecule has 0 aliphatic rings. The smallest absolute Gasteiger partial charge is 0.162 e. The first-order valence-electron chi connectivity index (χ1n) is 13.2. The molecule has 0 aliphatic heterocycles. The molecule has 3 nitrogen and oxygen atoms in total. The van der Waals surface area contributed by atoms with Gasteiger partial charge in [0.2, 0.25) is 0 Å². The maximum Gasteiger partial charge on any atom is 0.162 e. The Morgan fingerprint density at radius 2 is 0.242 bits per heavy atom. The van der Waals surface area contributed by atoms with Gasteiger partial charge in [-0.3, -0.25) is 0 Å². The molecule has 0 amide bonds. The SMILES string of the molecule is BrC(Br)(Br)C(Br)(Br)C(Br)(Br)C(Br)(Br)C(Br)(Br)C(Br)(Br)C(Br)(Br)C(Br)(Br)C(Br)(Br)C(Br)(Br)C(Br)(Br)C(Br)(Br)C(Br)(Br)C(Br)(Br)C(Br)(Br)C(Br)(Br)C(Br)(Br)C(Br)(Br)C(Br)(Br)C(Br)(Br)Br.O=S([O-])O. The zero-order chi connectivity index (χ0) is 55.6. The number of halogens is 42. The lowest BCUT2D eigenvalue weighted by atomic mass is 10.0. The summed E-state index contributed by atoms with van der Waals surface area (Å²) in [6, 6.07) is 0. The fourth-order valence-electron chi connectivity index (χ4n) is 3.51. The number of rotatable bonds is 17. The first kappa shape index (κ1) is 88.3. The molecule has 0 aromatic heterocycles. The van der Waals surface area contributed by atoms with Crippen LogP contribution >= 0.6 is 669 Å². The molecule has 66 heavy (non-hydrogen) atoms. The Hall–Kier alpha value is 20.2. The van der Waals surface area contributed by atoms with Gasteiger partial charge in [0.25, 0.3) is 0 Å². The van der Waals surface area contributed by atoms with Gasteiger partial charge in [0.1, 0.15) is 58.2 Å². The van der Waals surface area contributed by atoms with Gasteiger partial charge >= 0.3 is 0 Å². The monoisotopic (exact) mass is 3640 g/mol. The lowest BCUT2D eigenvalue weighted by Crippen LogP contribution is -2.74. The van der Waals surface area contributed by atoms with E-state index >= 15 is 0 Å². The van der Waals surface area contributed by atoms with Crippen molar-refractivity contribution in [3.63, 3.8) is 0 Å². The molecule has 0 aliphatic carbocycles. The van der Waals surface area contributed by atoms with Crippen LogP contribution in [0.2, 0.25) is 0 Å². The summed E-state index contributed by atoms with van der Waals surface area (Å²) in [4.78, 5) is 0. The van der Waals surface area contributed by atoms with E-state index in [0.717, 1.165) is 0 Å². The van der Waals surface area contributed by atoms with Gasteiger partial charge in [0, 0.05) is 0 Å². The summed E-state index contributed by atoms with van der Waals surface area (Å²) in [6.07, 6.45) is 0. The predicted molar refractivity (Wildman–Crippen MR) is 441 cm³/mol. The zero-order valence-corrected chi connectivity index (χ0v) is 95.0. The molecular formula is C20HBr42O3S-. The predicted octanol–water partition coefficient (Wildman–Crippen LogP) is 30.8. The number of hydrogen-bond acceptors (Lipinski definition) is 2. The van der Waals surface area contributed by atoms with Crippen LogP contribution in [0.15, 0.2) is 0 Å². The van der Waals surface area contributed by atoms with Crippen LogP contribution in [-0.4, -0.2) is 75.8 Å². The Bertz CT molecular complexity index is 1620. The summed E-state index contributed by atoms with van der Waals surface area (Å²) in [6.45, 7) is 0. The molecule has 0 radical (unpaired) electrons. The lowest BCUT2D eigenvalue weighted by Gasteiger charge is -2.62. The van der Waals surface area contributed by atoms with Gasteiger partial charge in [0.05, 0.1) is 11.4 Å². The number of alkyl halides is 42. The van der Waals surface area contributed by atoms with Gasteiger partial charge in [-0.15, -0.1) is 0 Å². The highest BCUT2D eigenvalue weighted by Gasteiger charge is 2.85. The van der Waals surface area contributed by atoms with Crippen molar-refractivity contribution in [3.8, 4) is 0 Å². The summed E-state index contributed by atoms with van der Waals surface area (Å²) in [5, 5.41) is 0. The van der Waals surface area contributed by atoms with Gasteiger partial charge < -0.3 is 9.11 Å². The number of hydrogen-bond donors (Lipinski definition) is 1. The molecule has 0 rings (SSSR count). The van der Waals surface area contributed by atoms with Crippen LogP contribution in [0, 0.1) is 0 Å². The summed E-state index contributed by atoms with van der Waals surface area (Å²) in [5.41, 5.74) is 0. The molecule has 0 heterocycles. The Balaban J connectivity index is 0. The molecule has 0 aromatic carbocycles. The van der Waals surface area contributed by atoms with E-state index in [2.05, 4.69) is 669 Å². The molecule has 1 unspecified atom stereocenters. The molecule has 0 fully saturated rings. The van der Waals surface area contributed by atoms with Gasteiger partial charge in [-0.25, -0.2) is 4.21 Å². The third-order valence-corrected chi connectivity index (χ3v) is 96.4. The summed E-state index contributed by atoms with van der Waals surface area (Å²) in [5.74, 6) is 0. The van der Waals surface area contributed by atoms with Crippen LogP contribution in [0.5, 0.6) is 0 Å². The van der Waals surface area contributed by atoms with Crippen molar-refractivity contribution in [2.45, 2.75) is 62.5 Å². The Labute approximate surface area is 736 Å². The van der Waals surface area contributed by atoms with Crippen molar-refractivity contribution >= 4 is 680 Å². The topological polar surface area (TPSA) is 60.4 Å². The molecule has 0 spiro atoms. The van der Waals surface area contributed by atoms with Crippen molar-refractivity contribution in [3.05, 3.63) is 0 Å². The van der Waals surface area contributed by atoms with E-state index in [1.165, 1.54) is 0 Å². The Morgan fingerprint density at radius 3 is 0.288 bits per heavy atom. The van der Waals surface area contributed by atoms with Crippen molar-refractivity contribution in [1.29, 1.82) is 0 Å². The van der Waals surface area contributed by atoms with Crippen LogP contribution < -0.4 is 0 Å². The van der Waals surface area contributed by atoms with Crippen LogP contribution in [0.1, 0.15) is 0 Å². The van der Waals surface area contributed by atoms with Crippen LogP contribution in [0.4, 0.5) is 0 Å². The summed E-state index contributed by atoms with van der Waals surface area (Å²) < 4.78 is -0.833.